The van der Waals surface area contributed by atoms with Gasteiger partial charge in [-0.2, -0.15) is 0 Å². The maximum atomic E-state index is 12.5. The lowest BCUT2D eigenvalue weighted by molar-refractivity contribution is 0.192. The molecular formula is C21H27N3O. The van der Waals surface area contributed by atoms with Crippen LogP contribution in [0.5, 0.6) is 0 Å². The quantitative estimate of drug-likeness (QED) is 0.907. The summed E-state index contributed by atoms with van der Waals surface area (Å²) in [6, 6.07) is 16.9. The number of fused-ring (bicyclic) bond motifs is 1. The van der Waals surface area contributed by atoms with Gasteiger partial charge in [-0.1, -0.05) is 55.5 Å². The first-order chi connectivity index (χ1) is 12.2. The van der Waals surface area contributed by atoms with E-state index in [1.807, 2.05) is 11.0 Å². The number of nitrogens with zero attached hydrogens (tertiary/aromatic N) is 2. The van der Waals surface area contributed by atoms with Crippen LogP contribution < -0.4 is 5.32 Å². The molecule has 1 N–H and O–H groups in total. The Morgan fingerprint density at radius 2 is 1.88 bits per heavy atom. The van der Waals surface area contributed by atoms with Crippen LogP contribution in [-0.2, 0) is 26.1 Å². The van der Waals surface area contributed by atoms with E-state index in [9.17, 15) is 4.79 Å². The molecule has 0 fully saturated rings. The third-order valence-electron chi connectivity index (χ3n) is 4.85. The molecule has 0 atom stereocenters. The number of hydrogen-bond acceptors (Lipinski definition) is 2. The third-order valence-corrected chi connectivity index (χ3v) is 4.85. The predicted octanol–water partition coefficient (Wildman–Crippen LogP) is 3.41. The topological polar surface area (TPSA) is 35.6 Å². The Morgan fingerprint density at radius 3 is 2.68 bits per heavy atom. The van der Waals surface area contributed by atoms with Crippen LogP contribution in [0.15, 0.2) is 48.5 Å². The Labute approximate surface area is 150 Å². The van der Waals surface area contributed by atoms with Gasteiger partial charge in [0, 0.05) is 26.2 Å². The van der Waals surface area contributed by atoms with Crippen molar-refractivity contribution in [2.24, 2.45) is 0 Å². The molecule has 25 heavy (non-hydrogen) atoms. The Bertz CT molecular complexity index is 729. The molecule has 0 saturated carbocycles. The molecule has 1 aliphatic rings. The number of urea groups is 1. The first kappa shape index (κ1) is 17.5. The smallest absolute Gasteiger partial charge is 0.317 e. The summed E-state index contributed by atoms with van der Waals surface area (Å²) in [5.74, 6) is 0. The molecule has 0 radical (unpaired) electrons. The number of carbonyl (C=O) groups is 1. The first-order valence-corrected chi connectivity index (χ1v) is 9.01. The second-order valence-electron chi connectivity index (χ2n) is 6.75. The van der Waals surface area contributed by atoms with Gasteiger partial charge in [-0.05, 0) is 42.3 Å². The molecule has 2 aromatic rings. The molecule has 4 heteroatoms. The van der Waals surface area contributed by atoms with E-state index in [1.54, 1.807) is 0 Å². The lowest BCUT2D eigenvalue weighted by Crippen LogP contribution is -2.42. The molecule has 0 aromatic heterocycles. The van der Waals surface area contributed by atoms with Crippen molar-refractivity contribution >= 4 is 6.03 Å². The molecule has 1 heterocycles. The minimum absolute atomic E-state index is 0.0191. The van der Waals surface area contributed by atoms with Gasteiger partial charge in [0.2, 0.25) is 0 Å². The van der Waals surface area contributed by atoms with Crippen molar-refractivity contribution in [3.63, 3.8) is 0 Å². The number of carbonyl (C=O) groups excluding carboxylic acids is 1. The molecule has 0 bridgehead atoms. The number of benzene rings is 2. The molecule has 2 amide bonds. The summed E-state index contributed by atoms with van der Waals surface area (Å²) >= 11 is 0. The molecule has 1 aliphatic heterocycles. The molecule has 132 valence electrons. The average molecular weight is 337 g/mol. The van der Waals surface area contributed by atoms with Gasteiger partial charge in [-0.25, -0.2) is 4.79 Å². The largest absolute Gasteiger partial charge is 0.334 e. The maximum Gasteiger partial charge on any atom is 0.317 e. The predicted molar refractivity (Wildman–Crippen MR) is 101 cm³/mol. The zero-order chi connectivity index (χ0) is 17.6. The summed E-state index contributed by atoms with van der Waals surface area (Å²) in [5, 5.41) is 3.07. The molecule has 2 aromatic carbocycles. The Kier molecular flexibility index (Phi) is 5.71. The lowest BCUT2D eigenvalue weighted by atomic mass is 10.0. The molecule has 0 spiro atoms. The minimum atomic E-state index is 0.0191. The zero-order valence-electron chi connectivity index (χ0n) is 15.2. The monoisotopic (exact) mass is 337 g/mol. The summed E-state index contributed by atoms with van der Waals surface area (Å²) in [7, 11) is 2.11. The number of rotatable bonds is 5. The maximum absolute atomic E-state index is 12.5. The standard InChI is InChI=1S/C21H27N3O/c1-3-23(2)15-18-8-6-7-17(13-18)14-22-21(25)24-12-11-19-9-4-5-10-20(19)16-24/h4-10,13H,3,11-12,14-16H2,1-2H3,(H,22,25). The van der Waals surface area contributed by atoms with E-state index < -0.39 is 0 Å². The molecule has 0 saturated heterocycles. The van der Waals surface area contributed by atoms with Gasteiger partial charge in [0.05, 0.1) is 0 Å². The van der Waals surface area contributed by atoms with Crippen molar-refractivity contribution in [1.82, 2.24) is 15.1 Å². The van der Waals surface area contributed by atoms with Crippen LogP contribution in [0.25, 0.3) is 0 Å². The summed E-state index contributed by atoms with van der Waals surface area (Å²) in [6.07, 6.45) is 0.933. The third kappa shape index (κ3) is 4.60. The zero-order valence-corrected chi connectivity index (χ0v) is 15.2. The minimum Gasteiger partial charge on any atom is -0.334 e. The van der Waals surface area contributed by atoms with Crippen molar-refractivity contribution in [2.75, 3.05) is 20.1 Å². The average Bonchev–Trinajstić information content (AvgIpc) is 2.66. The van der Waals surface area contributed by atoms with Crippen molar-refractivity contribution in [2.45, 2.75) is 33.0 Å². The fourth-order valence-electron chi connectivity index (χ4n) is 3.22. The fraction of sp³-hybridized carbons (Fsp3) is 0.381. The summed E-state index contributed by atoms with van der Waals surface area (Å²) in [4.78, 5) is 16.7. The first-order valence-electron chi connectivity index (χ1n) is 9.01. The Morgan fingerprint density at radius 1 is 1.12 bits per heavy atom. The highest BCUT2D eigenvalue weighted by Gasteiger charge is 2.19. The van der Waals surface area contributed by atoms with Crippen molar-refractivity contribution < 1.29 is 4.79 Å². The van der Waals surface area contributed by atoms with E-state index in [4.69, 9.17) is 0 Å². The van der Waals surface area contributed by atoms with Gasteiger partial charge in [0.15, 0.2) is 0 Å². The molecule has 3 rings (SSSR count). The van der Waals surface area contributed by atoms with E-state index >= 15 is 0 Å². The summed E-state index contributed by atoms with van der Waals surface area (Å²) in [5.41, 5.74) is 5.04. The van der Waals surface area contributed by atoms with Crippen LogP contribution in [0.4, 0.5) is 4.79 Å². The van der Waals surface area contributed by atoms with Gasteiger partial charge in [0.25, 0.3) is 0 Å². The lowest BCUT2D eigenvalue weighted by Gasteiger charge is -2.29. The van der Waals surface area contributed by atoms with Crippen molar-refractivity contribution in [3.05, 3.63) is 70.8 Å². The van der Waals surface area contributed by atoms with Crippen LogP contribution in [0.2, 0.25) is 0 Å². The van der Waals surface area contributed by atoms with Crippen LogP contribution in [-0.4, -0.2) is 36.0 Å². The Balaban J connectivity index is 1.55. The van der Waals surface area contributed by atoms with Gasteiger partial charge in [-0.3, -0.25) is 0 Å². The number of nitrogens with one attached hydrogen (secondary N) is 1. The van der Waals surface area contributed by atoms with Gasteiger partial charge in [0.1, 0.15) is 0 Å². The summed E-state index contributed by atoms with van der Waals surface area (Å²) < 4.78 is 0. The Hall–Kier alpha value is -2.33. The number of hydrogen-bond donors (Lipinski definition) is 1. The SMILES string of the molecule is CCN(C)Cc1cccc(CNC(=O)N2CCc3ccccc3C2)c1. The highest BCUT2D eigenvalue weighted by atomic mass is 16.2. The van der Waals surface area contributed by atoms with E-state index in [-0.39, 0.29) is 6.03 Å². The van der Waals surface area contributed by atoms with Crippen molar-refractivity contribution in [1.29, 1.82) is 0 Å². The van der Waals surface area contributed by atoms with Gasteiger partial charge >= 0.3 is 6.03 Å². The number of amides is 2. The van der Waals surface area contributed by atoms with Crippen LogP contribution in [0, 0.1) is 0 Å². The van der Waals surface area contributed by atoms with Crippen LogP contribution in [0.3, 0.4) is 0 Å². The second kappa shape index (κ2) is 8.17. The van der Waals surface area contributed by atoms with E-state index in [1.165, 1.54) is 16.7 Å². The molecule has 4 nitrogen and oxygen atoms in total. The van der Waals surface area contributed by atoms with E-state index in [0.717, 1.165) is 31.6 Å². The molecule has 0 aliphatic carbocycles. The molecular weight excluding hydrogens is 310 g/mol. The van der Waals surface area contributed by atoms with Crippen LogP contribution in [0.1, 0.15) is 29.2 Å². The normalized spacial score (nSPS) is 13.6. The fourth-order valence-corrected chi connectivity index (χ4v) is 3.22. The molecule has 0 unspecified atom stereocenters. The highest BCUT2D eigenvalue weighted by Crippen LogP contribution is 2.18. The van der Waals surface area contributed by atoms with Crippen LogP contribution >= 0.6 is 0 Å². The highest BCUT2D eigenvalue weighted by molar-refractivity contribution is 5.74. The van der Waals surface area contributed by atoms with Gasteiger partial charge < -0.3 is 15.1 Å². The van der Waals surface area contributed by atoms with Crippen molar-refractivity contribution in [3.8, 4) is 0 Å². The second-order valence-corrected chi connectivity index (χ2v) is 6.75. The van der Waals surface area contributed by atoms with E-state index in [0.29, 0.717) is 13.1 Å². The van der Waals surface area contributed by atoms with Gasteiger partial charge in [-0.15, -0.1) is 0 Å². The summed E-state index contributed by atoms with van der Waals surface area (Å²) in [6.45, 7) is 6.16. The van der Waals surface area contributed by atoms with E-state index in [2.05, 4.69) is 66.7 Å².